The lowest BCUT2D eigenvalue weighted by atomic mass is 10.0. The summed E-state index contributed by atoms with van der Waals surface area (Å²) in [6, 6.07) is 7.95. The molecule has 0 spiro atoms. The maximum Gasteiger partial charge on any atom is 0.222 e. The van der Waals surface area contributed by atoms with E-state index in [0.717, 1.165) is 24.2 Å². The summed E-state index contributed by atoms with van der Waals surface area (Å²) in [5.74, 6) is 0.958. The second-order valence-electron chi connectivity index (χ2n) is 5.29. The van der Waals surface area contributed by atoms with Gasteiger partial charge in [-0.2, -0.15) is 0 Å². The Morgan fingerprint density at radius 2 is 2.00 bits per heavy atom. The van der Waals surface area contributed by atoms with Crippen LogP contribution in [-0.4, -0.2) is 31.0 Å². The van der Waals surface area contributed by atoms with Crippen molar-refractivity contribution in [3.63, 3.8) is 0 Å². The fraction of sp³-hybridized carbons (Fsp3) is 0.562. The summed E-state index contributed by atoms with van der Waals surface area (Å²) < 4.78 is 5.35. The zero-order chi connectivity index (χ0) is 15.1. The standard InChI is InChI=1S/C16H26N2O2/c1-12(17)8-7-11-16(19)18(3)13(2)14-9-5-6-10-15(14)20-4/h5-6,9-10,12-13H,7-8,11,17H2,1-4H3. The number of amides is 1. The average molecular weight is 278 g/mol. The van der Waals surface area contributed by atoms with E-state index in [1.807, 2.05) is 45.2 Å². The van der Waals surface area contributed by atoms with Crippen LogP contribution >= 0.6 is 0 Å². The van der Waals surface area contributed by atoms with Gasteiger partial charge < -0.3 is 15.4 Å². The maximum absolute atomic E-state index is 12.2. The third-order valence-electron chi connectivity index (χ3n) is 3.61. The summed E-state index contributed by atoms with van der Waals surface area (Å²) in [5.41, 5.74) is 6.73. The normalized spacial score (nSPS) is 13.7. The summed E-state index contributed by atoms with van der Waals surface area (Å²) in [6.07, 6.45) is 2.25. The molecule has 1 amide bonds. The highest BCUT2D eigenvalue weighted by Gasteiger charge is 2.19. The summed E-state index contributed by atoms with van der Waals surface area (Å²) in [4.78, 5) is 14.0. The minimum Gasteiger partial charge on any atom is -0.496 e. The molecule has 20 heavy (non-hydrogen) atoms. The van der Waals surface area contributed by atoms with E-state index in [1.54, 1.807) is 12.0 Å². The molecule has 0 aromatic heterocycles. The Hall–Kier alpha value is -1.55. The molecule has 0 fully saturated rings. The summed E-state index contributed by atoms with van der Waals surface area (Å²) in [7, 11) is 3.49. The number of para-hydroxylation sites is 1. The van der Waals surface area contributed by atoms with Crippen LogP contribution in [0.5, 0.6) is 5.75 Å². The fourth-order valence-corrected chi connectivity index (χ4v) is 2.19. The number of carbonyl (C=O) groups is 1. The molecule has 0 saturated heterocycles. The van der Waals surface area contributed by atoms with Crippen molar-refractivity contribution >= 4 is 5.91 Å². The van der Waals surface area contributed by atoms with E-state index in [9.17, 15) is 4.79 Å². The van der Waals surface area contributed by atoms with Gasteiger partial charge in [0.15, 0.2) is 0 Å². The van der Waals surface area contributed by atoms with E-state index in [0.29, 0.717) is 6.42 Å². The van der Waals surface area contributed by atoms with Crippen molar-refractivity contribution in [2.45, 2.75) is 45.2 Å². The molecule has 0 saturated carbocycles. The van der Waals surface area contributed by atoms with Crippen LogP contribution in [0.1, 0.15) is 44.7 Å². The Morgan fingerprint density at radius 1 is 1.35 bits per heavy atom. The maximum atomic E-state index is 12.2. The van der Waals surface area contributed by atoms with Crippen molar-refractivity contribution in [2.24, 2.45) is 5.73 Å². The number of ether oxygens (including phenoxy) is 1. The van der Waals surface area contributed by atoms with Gasteiger partial charge >= 0.3 is 0 Å². The Kier molecular flexibility index (Phi) is 6.52. The van der Waals surface area contributed by atoms with E-state index in [4.69, 9.17) is 10.5 Å². The number of hydrogen-bond acceptors (Lipinski definition) is 3. The van der Waals surface area contributed by atoms with E-state index in [1.165, 1.54) is 0 Å². The molecule has 2 unspecified atom stereocenters. The van der Waals surface area contributed by atoms with Gasteiger partial charge in [-0.3, -0.25) is 4.79 Å². The highest BCUT2D eigenvalue weighted by atomic mass is 16.5. The molecule has 0 aliphatic carbocycles. The van der Waals surface area contributed by atoms with Crippen LogP contribution in [0.15, 0.2) is 24.3 Å². The Balaban J connectivity index is 2.66. The van der Waals surface area contributed by atoms with Crippen LogP contribution < -0.4 is 10.5 Å². The number of nitrogens with zero attached hydrogens (tertiary/aromatic N) is 1. The van der Waals surface area contributed by atoms with E-state index >= 15 is 0 Å². The molecule has 1 aromatic carbocycles. The molecule has 0 radical (unpaired) electrons. The SMILES string of the molecule is COc1ccccc1C(C)N(C)C(=O)CCCC(C)N. The molecule has 1 rings (SSSR count). The predicted octanol–water partition coefficient (Wildman–Crippen LogP) is 2.73. The van der Waals surface area contributed by atoms with Crippen molar-refractivity contribution in [1.29, 1.82) is 0 Å². The van der Waals surface area contributed by atoms with Crippen molar-refractivity contribution in [3.8, 4) is 5.75 Å². The van der Waals surface area contributed by atoms with Crippen LogP contribution in [-0.2, 0) is 4.79 Å². The van der Waals surface area contributed by atoms with Gasteiger partial charge in [0.1, 0.15) is 5.75 Å². The van der Waals surface area contributed by atoms with Gasteiger partial charge in [0, 0.05) is 25.1 Å². The first kappa shape index (κ1) is 16.5. The van der Waals surface area contributed by atoms with Crippen LogP contribution in [0.25, 0.3) is 0 Å². The lowest BCUT2D eigenvalue weighted by molar-refractivity contribution is -0.131. The van der Waals surface area contributed by atoms with Gasteiger partial charge in [-0.25, -0.2) is 0 Å². The van der Waals surface area contributed by atoms with E-state index in [2.05, 4.69) is 0 Å². The highest BCUT2D eigenvalue weighted by molar-refractivity contribution is 5.76. The average Bonchev–Trinajstić information content (AvgIpc) is 2.45. The molecule has 0 aliphatic heterocycles. The molecule has 2 N–H and O–H groups in total. The van der Waals surface area contributed by atoms with Crippen molar-refractivity contribution in [2.75, 3.05) is 14.2 Å². The van der Waals surface area contributed by atoms with Crippen molar-refractivity contribution in [1.82, 2.24) is 4.90 Å². The Labute approximate surface area is 121 Å². The quantitative estimate of drug-likeness (QED) is 0.834. The number of methoxy groups -OCH3 is 1. The van der Waals surface area contributed by atoms with Gasteiger partial charge in [0.2, 0.25) is 5.91 Å². The molecule has 0 aliphatic rings. The summed E-state index contributed by atoms with van der Waals surface area (Å²) >= 11 is 0. The monoisotopic (exact) mass is 278 g/mol. The highest BCUT2D eigenvalue weighted by Crippen LogP contribution is 2.28. The van der Waals surface area contributed by atoms with Gasteiger partial charge in [-0.1, -0.05) is 18.2 Å². The number of benzene rings is 1. The second kappa shape index (κ2) is 7.90. The smallest absolute Gasteiger partial charge is 0.222 e. The first-order chi connectivity index (χ1) is 9.47. The number of carbonyl (C=O) groups excluding carboxylic acids is 1. The van der Waals surface area contributed by atoms with Gasteiger partial charge in [-0.05, 0) is 32.8 Å². The molecule has 4 heteroatoms. The van der Waals surface area contributed by atoms with Crippen LogP contribution in [0.4, 0.5) is 0 Å². The third-order valence-corrected chi connectivity index (χ3v) is 3.61. The van der Waals surface area contributed by atoms with Gasteiger partial charge in [-0.15, -0.1) is 0 Å². The van der Waals surface area contributed by atoms with Crippen molar-refractivity contribution < 1.29 is 9.53 Å². The zero-order valence-corrected chi connectivity index (χ0v) is 12.9. The molecule has 2 atom stereocenters. The largest absolute Gasteiger partial charge is 0.496 e. The first-order valence-electron chi connectivity index (χ1n) is 7.11. The number of hydrogen-bond donors (Lipinski definition) is 1. The minimum atomic E-state index is -0.00560. The van der Waals surface area contributed by atoms with Gasteiger partial charge in [0.05, 0.1) is 13.2 Å². The minimum absolute atomic E-state index is 0.00560. The van der Waals surface area contributed by atoms with Crippen molar-refractivity contribution in [3.05, 3.63) is 29.8 Å². The molecule has 112 valence electrons. The molecule has 0 bridgehead atoms. The third kappa shape index (κ3) is 4.53. The van der Waals surface area contributed by atoms with E-state index < -0.39 is 0 Å². The summed E-state index contributed by atoms with van der Waals surface area (Å²) in [5, 5.41) is 0. The molecule has 4 nitrogen and oxygen atoms in total. The van der Waals surface area contributed by atoms with Gasteiger partial charge in [0.25, 0.3) is 0 Å². The molecule has 0 heterocycles. The lowest BCUT2D eigenvalue weighted by Crippen LogP contribution is -2.30. The van der Waals surface area contributed by atoms with Crippen LogP contribution in [0, 0.1) is 0 Å². The number of nitrogens with two attached hydrogens (primary N) is 1. The predicted molar refractivity (Wildman–Crippen MR) is 81.7 cm³/mol. The molecular weight excluding hydrogens is 252 g/mol. The Morgan fingerprint density at radius 3 is 2.60 bits per heavy atom. The first-order valence-corrected chi connectivity index (χ1v) is 7.11. The van der Waals surface area contributed by atoms with Crippen LogP contribution in [0.2, 0.25) is 0 Å². The topological polar surface area (TPSA) is 55.6 Å². The van der Waals surface area contributed by atoms with E-state index in [-0.39, 0.29) is 18.0 Å². The van der Waals surface area contributed by atoms with Crippen LogP contribution in [0.3, 0.4) is 0 Å². The molecule has 1 aromatic rings. The Bertz CT molecular complexity index is 432. The lowest BCUT2D eigenvalue weighted by Gasteiger charge is -2.26. The molecular formula is C16H26N2O2. The second-order valence-corrected chi connectivity index (χ2v) is 5.29. The number of rotatable bonds is 7. The fourth-order valence-electron chi connectivity index (χ4n) is 2.19. The zero-order valence-electron chi connectivity index (χ0n) is 12.9. The summed E-state index contributed by atoms with van der Waals surface area (Å²) in [6.45, 7) is 3.98.